The number of nitrogens with zero attached hydrogens (tertiary/aromatic N) is 5. The lowest BCUT2D eigenvalue weighted by molar-refractivity contribution is -0.120. The highest BCUT2D eigenvalue weighted by Gasteiger charge is 2.26. The van der Waals surface area contributed by atoms with Crippen molar-refractivity contribution < 1.29 is 9.59 Å². The third-order valence-corrected chi connectivity index (χ3v) is 7.38. The third-order valence-electron chi connectivity index (χ3n) is 7.17. The van der Waals surface area contributed by atoms with Crippen LogP contribution in [0.3, 0.4) is 0 Å². The first-order valence-corrected chi connectivity index (χ1v) is 13.7. The van der Waals surface area contributed by atoms with E-state index in [1.54, 1.807) is 29.0 Å². The Morgan fingerprint density at radius 1 is 1.05 bits per heavy atom. The number of ketones is 1. The molecule has 3 N–H and O–H groups in total. The van der Waals surface area contributed by atoms with Gasteiger partial charge in [-0.2, -0.15) is 0 Å². The molecule has 0 aromatic carbocycles. The van der Waals surface area contributed by atoms with Crippen LogP contribution < -0.4 is 16.0 Å². The van der Waals surface area contributed by atoms with E-state index >= 15 is 0 Å². The van der Waals surface area contributed by atoms with E-state index in [9.17, 15) is 9.59 Å². The van der Waals surface area contributed by atoms with Crippen LogP contribution >= 0.6 is 11.6 Å². The second-order valence-electron chi connectivity index (χ2n) is 10.7. The Kier molecular flexibility index (Phi) is 8.09. The Hall–Kier alpha value is -3.24. The first kappa shape index (κ1) is 26.4. The minimum absolute atomic E-state index is 0.265. The normalized spacial score (nSPS) is 19.5. The van der Waals surface area contributed by atoms with Crippen LogP contribution in [0.1, 0.15) is 61.9 Å². The summed E-state index contributed by atoms with van der Waals surface area (Å²) in [6.07, 6.45) is 10.6. The average molecular weight is 539 g/mol. The first-order valence-electron chi connectivity index (χ1n) is 13.3. The van der Waals surface area contributed by atoms with Crippen LogP contribution in [0.5, 0.6) is 0 Å². The third kappa shape index (κ3) is 6.79. The number of carbonyl (C=O) groups is 2. The Bertz CT molecular complexity index is 1300. The maximum absolute atomic E-state index is 13.1. The van der Waals surface area contributed by atoms with Crippen molar-refractivity contribution in [2.24, 2.45) is 5.92 Å². The number of amides is 1. The Balaban J connectivity index is 1.28. The molecule has 202 valence electrons. The zero-order chi connectivity index (χ0) is 26.6. The predicted molar refractivity (Wildman–Crippen MR) is 149 cm³/mol. The maximum atomic E-state index is 13.1. The van der Waals surface area contributed by atoms with Gasteiger partial charge in [0.15, 0.2) is 11.3 Å². The summed E-state index contributed by atoms with van der Waals surface area (Å²) in [5.74, 6) is 1.18. The van der Waals surface area contributed by atoms with Crippen LogP contribution in [-0.4, -0.2) is 68.9 Å². The number of imidazole rings is 1. The van der Waals surface area contributed by atoms with Gasteiger partial charge in [-0.3, -0.25) is 9.59 Å². The second kappa shape index (κ2) is 11.7. The quantitative estimate of drug-likeness (QED) is 0.306. The van der Waals surface area contributed by atoms with Gasteiger partial charge in [0.2, 0.25) is 0 Å². The molecule has 0 unspecified atom stereocenters. The lowest BCUT2D eigenvalue weighted by atomic mass is 9.83. The minimum Gasteiger partial charge on any atom is -0.379 e. The van der Waals surface area contributed by atoms with Crippen LogP contribution in [0.2, 0.25) is 5.15 Å². The molecule has 0 spiro atoms. The smallest absolute Gasteiger partial charge is 0.276 e. The van der Waals surface area contributed by atoms with Gasteiger partial charge in [0.05, 0.1) is 11.9 Å². The number of carbonyl (C=O) groups excluding carboxylic acids is 2. The lowest BCUT2D eigenvalue weighted by Crippen LogP contribution is -2.28. The number of hydrogen-bond donors (Lipinski definition) is 3. The van der Waals surface area contributed by atoms with Crippen molar-refractivity contribution in [2.45, 2.75) is 63.5 Å². The summed E-state index contributed by atoms with van der Waals surface area (Å²) in [4.78, 5) is 36.0. The fourth-order valence-corrected chi connectivity index (χ4v) is 5.09. The van der Waals surface area contributed by atoms with E-state index < -0.39 is 0 Å². The Labute approximate surface area is 227 Å². The number of halogens is 1. The van der Waals surface area contributed by atoms with E-state index in [0.717, 1.165) is 50.8 Å². The second-order valence-corrected chi connectivity index (χ2v) is 11.1. The standard InChI is InChI=1S/C27H35ClN8O2/c1-35(2)12-10-21(37)13-17-3-5-19(6-4-17)32-25-15-22(31-18-7-8-18)26-30-16-23(36(26)34-25)27(38)33-20-9-11-29-24(28)14-20/h9,11,14-19,31H,3-8,10,12-13H2,1-2H3,(H,32,34)(H,29,33,38). The molecule has 0 atom stereocenters. The predicted octanol–water partition coefficient (Wildman–Crippen LogP) is 4.49. The molecule has 3 heterocycles. The largest absolute Gasteiger partial charge is 0.379 e. The molecule has 0 radical (unpaired) electrons. The van der Waals surface area contributed by atoms with Gasteiger partial charge in [-0.05, 0) is 70.7 Å². The molecule has 2 aliphatic carbocycles. The van der Waals surface area contributed by atoms with Gasteiger partial charge in [0.25, 0.3) is 5.91 Å². The molecular weight excluding hydrogens is 504 g/mol. The molecule has 38 heavy (non-hydrogen) atoms. The summed E-state index contributed by atoms with van der Waals surface area (Å²) in [5, 5.41) is 15.0. The molecule has 2 fully saturated rings. The van der Waals surface area contributed by atoms with E-state index in [1.165, 1.54) is 0 Å². The van der Waals surface area contributed by atoms with Gasteiger partial charge in [-0.1, -0.05) is 11.6 Å². The monoisotopic (exact) mass is 538 g/mol. The Morgan fingerprint density at radius 2 is 1.79 bits per heavy atom. The fourth-order valence-electron chi connectivity index (χ4n) is 4.92. The number of nitrogens with one attached hydrogen (secondary N) is 3. The van der Waals surface area contributed by atoms with Gasteiger partial charge >= 0.3 is 0 Å². The summed E-state index contributed by atoms with van der Waals surface area (Å²) in [6, 6.07) is 5.95. The molecule has 3 aromatic rings. The topological polar surface area (TPSA) is 117 Å². The summed E-state index contributed by atoms with van der Waals surface area (Å²) in [5.41, 5.74) is 2.35. The van der Waals surface area contributed by atoms with Gasteiger partial charge in [-0.15, -0.1) is 5.10 Å². The van der Waals surface area contributed by atoms with Crippen LogP contribution in [0.25, 0.3) is 5.65 Å². The highest BCUT2D eigenvalue weighted by atomic mass is 35.5. The van der Waals surface area contributed by atoms with E-state index in [2.05, 4.69) is 30.8 Å². The Morgan fingerprint density at radius 3 is 2.50 bits per heavy atom. The molecule has 10 nitrogen and oxygen atoms in total. The van der Waals surface area contributed by atoms with Crippen LogP contribution in [0.4, 0.5) is 17.2 Å². The van der Waals surface area contributed by atoms with Crippen molar-refractivity contribution in [3.63, 3.8) is 0 Å². The number of aromatic nitrogens is 4. The van der Waals surface area contributed by atoms with E-state index in [-0.39, 0.29) is 11.9 Å². The number of fused-ring (bicyclic) bond motifs is 1. The lowest BCUT2D eigenvalue weighted by Gasteiger charge is -2.29. The van der Waals surface area contributed by atoms with Crippen molar-refractivity contribution in [3.8, 4) is 0 Å². The van der Waals surface area contributed by atoms with Gasteiger partial charge in [-0.25, -0.2) is 14.5 Å². The maximum Gasteiger partial charge on any atom is 0.276 e. The van der Waals surface area contributed by atoms with Crippen molar-refractivity contribution in [3.05, 3.63) is 41.4 Å². The number of rotatable bonds is 11. The molecule has 0 aliphatic heterocycles. The molecule has 2 aliphatic rings. The average Bonchev–Trinajstić information content (AvgIpc) is 3.59. The van der Waals surface area contributed by atoms with Crippen molar-refractivity contribution in [1.82, 2.24) is 24.5 Å². The molecule has 2 saturated carbocycles. The van der Waals surface area contributed by atoms with Gasteiger partial charge in [0.1, 0.15) is 16.8 Å². The van der Waals surface area contributed by atoms with Crippen LogP contribution in [0, 0.1) is 5.92 Å². The van der Waals surface area contributed by atoms with Crippen molar-refractivity contribution in [2.75, 3.05) is 36.6 Å². The number of pyridine rings is 1. The number of anilines is 3. The summed E-state index contributed by atoms with van der Waals surface area (Å²) in [6.45, 7) is 0.811. The molecule has 1 amide bonds. The highest BCUT2D eigenvalue weighted by Crippen LogP contribution is 2.32. The minimum atomic E-state index is -0.332. The molecule has 3 aromatic heterocycles. The summed E-state index contributed by atoms with van der Waals surface area (Å²) >= 11 is 5.97. The number of hydrogen-bond acceptors (Lipinski definition) is 8. The SMILES string of the molecule is CN(C)CCC(=O)CC1CCC(Nc2cc(NC3CC3)c3ncc(C(=O)Nc4ccnc(Cl)c4)n3n2)CC1. The molecule has 5 rings (SSSR count). The fraction of sp³-hybridized carbons (Fsp3) is 0.519. The van der Waals surface area contributed by atoms with Crippen molar-refractivity contribution in [1.29, 1.82) is 0 Å². The van der Waals surface area contributed by atoms with E-state index in [0.29, 0.717) is 58.6 Å². The summed E-state index contributed by atoms with van der Waals surface area (Å²) < 4.78 is 1.60. The van der Waals surface area contributed by atoms with Gasteiger partial charge in [0, 0.05) is 49.4 Å². The molecule has 0 bridgehead atoms. The summed E-state index contributed by atoms with van der Waals surface area (Å²) in [7, 11) is 3.99. The van der Waals surface area contributed by atoms with E-state index in [4.69, 9.17) is 16.7 Å². The first-order chi connectivity index (χ1) is 18.3. The number of Topliss-reactive ketones (excluding diaryl/α,β-unsaturated/α-hetero) is 1. The van der Waals surface area contributed by atoms with Crippen molar-refractivity contribution >= 4 is 46.1 Å². The molecule has 0 saturated heterocycles. The van der Waals surface area contributed by atoms with Crippen LogP contribution in [0.15, 0.2) is 30.6 Å². The molecule has 11 heteroatoms. The van der Waals surface area contributed by atoms with Gasteiger partial charge < -0.3 is 20.9 Å². The zero-order valence-corrected chi connectivity index (χ0v) is 22.7. The van der Waals surface area contributed by atoms with Crippen LogP contribution in [-0.2, 0) is 4.79 Å². The highest BCUT2D eigenvalue weighted by molar-refractivity contribution is 6.29. The molecular formula is C27H35ClN8O2. The zero-order valence-electron chi connectivity index (χ0n) is 21.9. The van der Waals surface area contributed by atoms with E-state index in [1.807, 2.05) is 20.2 Å².